The lowest BCUT2D eigenvalue weighted by molar-refractivity contribution is -0.141. The van der Waals surface area contributed by atoms with Crippen molar-refractivity contribution in [2.24, 2.45) is 0 Å². The molecule has 0 aromatic carbocycles. The first kappa shape index (κ1) is 22.2. The highest BCUT2D eigenvalue weighted by molar-refractivity contribution is 5.69. The molecule has 2 heterocycles. The number of aromatic nitrogens is 1. The molecule has 0 fully saturated rings. The topological polar surface area (TPSA) is 89.9 Å². The van der Waals surface area contributed by atoms with Gasteiger partial charge < -0.3 is 24.6 Å². The summed E-state index contributed by atoms with van der Waals surface area (Å²) in [6.07, 6.45) is -7.54. The van der Waals surface area contributed by atoms with Gasteiger partial charge in [-0.1, -0.05) is 0 Å². The third kappa shape index (κ3) is 5.48. The molecule has 0 saturated heterocycles. The van der Waals surface area contributed by atoms with Crippen molar-refractivity contribution in [1.82, 2.24) is 10.3 Å². The Labute approximate surface area is 161 Å². The first-order chi connectivity index (χ1) is 12.8. The number of pyridine rings is 1. The van der Waals surface area contributed by atoms with Gasteiger partial charge in [-0.05, 0) is 39.8 Å². The molecule has 0 aliphatic carbocycles. The zero-order chi connectivity index (χ0) is 21.3. The Morgan fingerprint density at radius 2 is 2.00 bits per heavy atom. The average Bonchev–Trinajstić information content (AvgIpc) is 2.86. The van der Waals surface area contributed by atoms with Gasteiger partial charge in [0, 0.05) is 19.1 Å². The van der Waals surface area contributed by atoms with E-state index in [1.165, 1.54) is 20.1 Å². The number of aliphatic hydroxyl groups is 1. The highest BCUT2D eigenvalue weighted by Crippen LogP contribution is 2.40. The van der Waals surface area contributed by atoms with Crippen molar-refractivity contribution in [3.8, 4) is 5.88 Å². The van der Waals surface area contributed by atoms with E-state index >= 15 is 0 Å². The molecule has 10 heteroatoms. The summed E-state index contributed by atoms with van der Waals surface area (Å²) < 4.78 is 54.9. The molecular weight excluding hydrogens is 381 g/mol. The molecule has 4 atom stereocenters. The minimum absolute atomic E-state index is 0.117. The molecule has 1 aliphatic rings. The summed E-state index contributed by atoms with van der Waals surface area (Å²) in [6.45, 7) is 6.59. The molecule has 0 radical (unpaired) electrons. The smallest absolute Gasteiger partial charge is 0.433 e. The van der Waals surface area contributed by atoms with Crippen LogP contribution in [0.4, 0.5) is 18.0 Å². The molecule has 1 aromatic rings. The number of methoxy groups -OCH3 is 1. The fourth-order valence-electron chi connectivity index (χ4n) is 2.86. The van der Waals surface area contributed by atoms with E-state index < -0.39 is 47.9 Å². The van der Waals surface area contributed by atoms with Gasteiger partial charge in [0.15, 0.2) is 0 Å². The maximum atomic E-state index is 13.0. The predicted molar refractivity (Wildman–Crippen MR) is 92.9 cm³/mol. The number of hydrogen-bond donors (Lipinski definition) is 2. The van der Waals surface area contributed by atoms with Crippen LogP contribution in [0.25, 0.3) is 0 Å². The number of alkyl carbamates (subject to hydrolysis) is 1. The second-order valence-corrected chi connectivity index (χ2v) is 7.62. The number of halogens is 3. The van der Waals surface area contributed by atoms with Crippen molar-refractivity contribution in [1.29, 1.82) is 0 Å². The lowest BCUT2D eigenvalue weighted by atomic mass is 9.98. The Hall–Kier alpha value is -2.07. The normalized spacial score (nSPS) is 21.5. The number of alkyl halides is 3. The molecule has 0 bridgehead atoms. The summed E-state index contributed by atoms with van der Waals surface area (Å²) in [6, 6.07) is 1.24. The third-order valence-corrected chi connectivity index (χ3v) is 4.13. The van der Waals surface area contributed by atoms with Crippen molar-refractivity contribution in [2.75, 3.05) is 7.11 Å². The molecule has 0 unspecified atom stereocenters. The summed E-state index contributed by atoms with van der Waals surface area (Å²) >= 11 is 0. The van der Waals surface area contributed by atoms with Gasteiger partial charge in [-0.3, -0.25) is 0 Å². The van der Waals surface area contributed by atoms with Crippen molar-refractivity contribution in [3.05, 3.63) is 23.4 Å². The van der Waals surface area contributed by atoms with E-state index in [-0.39, 0.29) is 12.3 Å². The van der Waals surface area contributed by atoms with Crippen LogP contribution in [0.15, 0.2) is 12.1 Å². The summed E-state index contributed by atoms with van der Waals surface area (Å²) in [5.74, 6) is -0.221. The number of nitrogens with zero attached hydrogens (tertiary/aromatic N) is 1. The second kappa shape index (κ2) is 8.12. The zero-order valence-electron chi connectivity index (χ0n) is 16.3. The number of fused-ring (bicyclic) bond motifs is 1. The van der Waals surface area contributed by atoms with Crippen LogP contribution in [-0.2, 0) is 15.7 Å². The first-order valence-electron chi connectivity index (χ1n) is 8.77. The maximum Gasteiger partial charge on any atom is 0.433 e. The van der Waals surface area contributed by atoms with E-state index in [1.807, 2.05) is 0 Å². The maximum absolute atomic E-state index is 13.0. The van der Waals surface area contributed by atoms with Crippen LogP contribution in [0, 0.1) is 0 Å². The number of hydrogen-bond acceptors (Lipinski definition) is 6. The van der Waals surface area contributed by atoms with Crippen LogP contribution in [0.1, 0.15) is 51.4 Å². The summed E-state index contributed by atoms with van der Waals surface area (Å²) in [5.41, 5.74) is -1.55. The number of nitrogens with one attached hydrogen (secondary N) is 1. The minimum atomic E-state index is -4.63. The molecule has 2 N–H and O–H groups in total. The fourth-order valence-corrected chi connectivity index (χ4v) is 2.86. The van der Waals surface area contributed by atoms with Crippen molar-refractivity contribution in [2.45, 2.75) is 70.2 Å². The minimum Gasteiger partial charge on any atom is -0.471 e. The number of aliphatic hydroxyl groups excluding tert-OH is 1. The van der Waals surface area contributed by atoms with E-state index in [9.17, 15) is 23.1 Å². The van der Waals surface area contributed by atoms with Gasteiger partial charge in [-0.2, -0.15) is 13.2 Å². The van der Waals surface area contributed by atoms with E-state index in [0.717, 1.165) is 6.07 Å². The first-order valence-corrected chi connectivity index (χ1v) is 8.77. The van der Waals surface area contributed by atoms with Crippen molar-refractivity contribution in [3.63, 3.8) is 0 Å². The largest absolute Gasteiger partial charge is 0.471 e. The molecular formula is C18H25F3N2O5. The quantitative estimate of drug-likeness (QED) is 0.781. The van der Waals surface area contributed by atoms with E-state index in [4.69, 9.17) is 14.2 Å². The Balaban J connectivity index is 2.31. The van der Waals surface area contributed by atoms with Gasteiger partial charge in [0.05, 0.1) is 18.2 Å². The lowest BCUT2D eigenvalue weighted by Gasteiger charge is -2.27. The van der Waals surface area contributed by atoms with Crippen LogP contribution in [-0.4, -0.2) is 47.2 Å². The predicted octanol–water partition coefficient (Wildman–Crippen LogP) is 3.21. The SMILES string of the molecule is CO[C@H](C[C@@H]1Oc2nc(C(F)(F)F)ccc2[C@@H]1NC(=O)OC(C)(C)C)[C@@H](C)O. The highest BCUT2D eigenvalue weighted by Gasteiger charge is 2.42. The molecule has 1 amide bonds. The fraction of sp³-hybridized carbons (Fsp3) is 0.667. The zero-order valence-corrected chi connectivity index (χ0v) is 16.3. The molecule has 158 valence electrons. The summed E-state index contributed by atoms with van der Waals surface area (Å²) in [4.78, 5) is 15.8. The van der Waals surface area contributed by atoms with Gasteiger partial charge in [0.1, 0.15) is 17.4 Å². The van der Waals surface area contributed by atoms with Crippen molar-refractivity contribution < 1.29 is 37.3 Å². The number of carbonyl (C=O) groups is 1. The second-order valence-electron chi connectivity index (χ2n) is 7.62. The molecule has 7 nitrogen and oxygen atoms in total. The molecule has 2 rings (SSSR count). The Kier molecular flexibility index (Phi) is 6.44. The Morgan fingerprint density at radius 1 is 1.36 bits per heavy atom. The monoisotopic (exact) mass is 406 g/mol. The van der Waals surface area contributed by atoms with Gasteiger partial charge in [0.25, 0.3) is 0 Å². The van der Waals surface area contributed by atoms with Gasteiger partial charge in [-0.15, -0.1) is 0 Å². The van der Waals surface area contributed by atoms with E-state index in [0.29, 0.717) is 5.56 Å². The van der Waals surface area contributed by atoms with E-state index in [2.05, 4.69) is 10.3 Å². The third-order valence-electron chi connectivity index (χ3n) is 4.13. The molecule has 1 aliphatic heterocycles. The molecule has 0 spiro atoms. The number of amides is 1. The van der Waals surface area contributed by atoms with Gasteiger partial charge in [-0.25, -0.2) is 9.78 Å². The lowest BCUT2D eigenvalue weighted by Crippen LogP contribution is -2.41. The Morgan fingerprint density at radius 3 is 2.50 bits per heavy atom. The van der Waals surface area contributed by atoms with Gasteiger partial charge >= 0.3 is 12.3 Å². The number of ether oxygens (including phenoxy) is 3. The van der Waals surface area contributed by atoms with E-state index in [1.54, 1.807) is 20.8 Å². The average molecular weight is 406 g/mol. The number of carbonyl (C=O) groups excluding carboxylic acids is 1. The molecule has 0 saturated carbocycles. The standard InChI is InChI=1S/C18H25F3N2O5/c1-9(24)11(26-5)8-12-14(23-16(25)28-17(2,3)4)10-6-7-13(18(19,20)21)22-15(10)27-12/h6-7,9,11-12,14,24H,8H2,1-5H3,(H,23,25)/t9-,11-,12+,14+/m1/s1. The van der Waals surface area contributed by atoms with Crippen LogP contribution in [0.5, 0.6) is 5.88 Å². The van der Waals surface area contributed by atoms with Crippen LogP contribution in [0.2, 0.25) is 0 Å². The highest BCUT2D eigenvalue weighted by atomic mass is 19.4. The summed E-state index contributed by atoms with van der Waals surface area (Å²) in [5, 5.41) is 12.4. The molecule has 1 aromatic heterocycles. The van der Waals surface area contributed by atoms with Crippen LogP contribution in [0.3, 0.4) is 0 Å². The van der Waals surface area contributed by atoms with Crippen LogP contribution < -0.4 is 10.1 Å². The Bertz CT molecular complexity index is 703. The van der Waals surface area contributed by atoms with Crippen LogP contribution >= 0.6 is 0 Å². The van der Waals surface area contributed by atoms with Gasteiger partial charge in [0.2, 0.25) is 5.88 Å². The summed E-state index contributed by atoms with van der Waals surface area (Å²) in [7, 11) is 1.40. The van der Waals surface area contributed by atoms with Crippen molar-refractivity contribution >= 4 is 6.09 Å². The number of rotatable bonds is 5. The molecule has 28 heavy (non-hydrogen) atoms.